The van der Waals surface area contributed by atoms with Crippen molar-refractivity contribution in [1.29, 1.82) is 0 Å². The van der Waals surface area contributed by atoms with Crippen LogP contribution < -0.4 is 5.32 Å². The molecule has 0 bridgehead atoms. The van der Waals surface area contributed by atoms with Gasteiger partial charge < -0.3 is 10.2 Å². The second-order valence-electron chi connectivity index (χ2n) is 5.19. The average molecular weight is 247 g/mol. The summed E-state index contributed by atoms with van der Waals surface area (Å²) in [7, 11) is 0. The van der Waals surface area contributed by atoms with Gasteiger partial charge in [0.1, 0.15) is 5.82 Å². The topological polar surface area (TPSA) is 28.2 Å². The molecule has 0 aromatic carbocycles. The van der Waals surface area contributed by atoms with Gasteiger partial charge in [-0.3, -0.25) is 0 Å². The van der Waals surface area contributed by atoms with Crippen LogP contribution in [0.2, 0.25) is 0 Å². The first kappa shape index (κ1) is 13.3. The molecule has 1 aromatic rings. The Kier molecular flexibility index (Phi) is 4.59. The van der Waals surface area contributed by atoms with E-state index in [4.69, 9.17) is 4.98 Å². The van der Waals surface area contributed by atoms with Crippen LogP contribution in [0.3, 0.4) is 0 Å². The van der Waals surface area contributed by atoms with Crippen LogP contribution in [0.1, 0.15) is 38.4 Å². The van der Waals surface area contributed by atoms with Crippen LogP contribution in [0.5, 0.6) is 0 Å². The molecule has 0 radical (unpaired) electrons. The molecule has 0 fully saturated rings. The predicted octanol–water partition coefficient (Wildman–Crippen LogP) is 2.71. The minimum atomic E-state index is 0.442. The van der Waals surface area contributed by atoms with E-state index >= 15 is 0 Å². The standard InChI is InChI=1S/C15H25N3/c1-4-18(5-2)11-12(3)16-15-10-9-13-7-6-8-14(13)17-15/h9-10,12H,4-8,11H2,1-3H3,(H,16,17). The molecular weight excluding hydrogens is 222 g/mol. The predicted molar refractivity (Wildman–Crippen MR) is 77.1 cm³/mol. The van der Waals surface area contributed by atoms with E-state index in [1.807, 2.05) is 0 Å². The minimum Gasteiger partial charge on any atom is -0.366 e. The van der Waals surface area contributed by atoms with Gasteiger partial charge in [-0.15, -0.1) is 0 Å². The third kappa shape index (κ3) is 3.22. The summed E-state index contributed by atoms with van der Waals surface area (Å²) in [6.45, 7) is 9.95. The number of hydrogen-bond donors (Lipinski definition) is 1. The summed E-state index contributed by atoms with van der Waals surface area (Å²) in [5.74, 6) is 1.04. The van der Waals surface area contributed by atoms with Gasteiger partial charge in [0.05, 0.1) is 0 Å². The summed E-state index contributed by atoms with van der Waals surface area (Å²) >= 11 is 0. The van der Waals surface area contributed by atoms with E-state index in [0.29, 0.717) is 6.04 Å². The van der Waals surface area contributed by atoms with Crippen LogP contribution in [-0.4, -0.2) is 35.6 Å². The molecule has 100 valence electrons. The Hall–Kier alpha value is -1.09. The van der Waals surface area contributed by atoms with Crippen molar-refractivity contribution in [2.45, 2.75) is 46.1 Å². The highest BCUT2D eigenvalue weighted by molar-refractivity contribution is 5.41. The second kappa shape index (κ2) is 6.19. The van der Waals surface area contributed by atoms with Gasteiger partial charge in [0.15, 0.2) is 0 Å². The fraction of sp³-hybridized carbons (Fsp3) is 0.667. The molecule has 1 aromatic heterocycles. The summed E-state index contributed by atoms with van der Waals surface area (Å²) in [6, 6.07) is 4.81. The summed E-state index contributed by atoms with van der Waals surface area (Å²) in [5, 5.41) is 3.52. The van der Waals surface area contributed by atoms with Gasteiger partial charge in [-0.1, -0.05) is 19.9 Å². The number of likely N-dealkylation sites (N-methyl/N-ethyl adjacent to an activating group) is 1. The molecule has 1 atom stereocenters. The Bertz CT molecular complexity index is 385. The zero-order chi connectivity index (χ0) is 13.0. The molecule has 0 saturated carbocycles. The second-order valence-corrected chi connectivity index (χ2v) is 5.19. The minimum absolute atomic E-state index is 0.442. The molecule has 0 spiro atoms. The van der Waals surface area contributed by atoms with Crippen LogP contribution in [0.15, 0.2) is 12.1 Å². The maximum atomic E-state index is 4.72. The molecule has 0 amide bonds. The summed E-state index contributed by atoms with van der Waals surface area (Å²) < 4.78 is 0. The number of aromatic nitrogens is 1. The molecule has 0 aliphatic heterocycles. The van der Waals surface area contributed by atoms with Gasteiger partial charge >= 0.3 is 0 Å². The summed E-state index contributed by atoms with van der Waals surface area (Å²) in [5.41, 5.74) is 2.74. The maximum absolute atomic E-state index is 4.72. The lowest BCUT2D eigenvalue weighted by Crippen LogP contribution is -2.34. The SMILES string of the molecule is CCN(CC)CC(C)Nc1ccc2c(n1)CCC2. The molecule has 3 heteroatoms. The first-order valence-electron chi connectivity index (χ1n) is 7.20. The fourth-order valence-electron chi connectivity index (χ4n) is 2.67. The van der Waals surface area contributed by atoms with Crippen LogP contribution in [0, 0.1) is 0 Å². The van der Waals surface area contributed by atoms with Crippen molar-refractivity contribution in [3.05, 3.63) is 23.4 Å². The van der Waals surface area contributed by atoms with Crippen molar-refractivity contribution in [3.8, 4) is 0 Å². The molecule has 1 aliphatic rings. The van der Waals surface area contributed by atoms with E-state index in [2.05, 4.69) is 43.1 Å². The van der Waals surface area contributed by atoms with E-state index < -0.39 is 0 Å². The molecule has 2 rings (SSSR count). The van der Waals surface area contributed by atoms with Gasteiger partial charge in [-0.2, -0.15) is 0 Å². The zero-order valence-corrected chi connectivity index (χ0v) is 11.9. The normalized spacial score (nSPS) is 15.8. The van der Waals surface area contributed by atoms with Crippen molar-refractivity contribution in [3.63, 3.8) is 0 Å². The Morgan fingerprint density at radius 2 is 2.06 bits per heavy atom. The number of nitrogens with one attached hydrogen (secondary N) is 1. The molecular formula is C15H25N3. The first-order valence-corrected chi connectivity index (χ1v) is 7.20. The van der Waals surface area contributed by atoms with Crippen molar-refractivity contribution in [2.75, 3.05) is 25.0 Å². The van der Waals surface area contributed by atoms with E-state index in [1.165, 1.54) is 24.1 Å². The molecule has 1 aliphatic carbocycles. The number of fused-ring (bicyclic) bond motifs is 1. The van der Waals surface area contributed by atoms with Gasteiger partial charge in [0.25, 0.3) is 0 Å². The molecule has 1 unspecified atom stereocenters. The quantitative estimate of drug-likeness (QED) is 0.838. The van der Waals surface area contributed by atoms with Gasteiger partial charge in [-0.05, 0) is 50.9 Å². The van der Waals surface area contributed by atoms with Crippen molar-refractivity contribution in [1.82, 2.24) is 9.88 Å². The molecule has 18 heavy (non-hydrogen) atoms. The summed E-state index contributed by atoms with van der Waals surface area (Å²) in [4.78, 5) is 7.16. The number of aryl methyl sites for hydroxylation is 2. The first-order chi connectivity index (χ1) is 8.72. The van der Waals surface area contributed by atoms with Crippen LogP contribution in [0.4, 0.5) is 5.82 Å². The Balaban J connectivity index is 1.92. The van der Waals surface area contributed by atoms with Crippen molar-refractivity contribution < 1.29 is 0 Å². The van der Waals surface area contributed by atoms with Crippen LogP contribution >= 0.6 is 0 Å². The number of anilines is 1. The smallest absolute Gasteiger partial charge is 0.126 e. The highest BCUT2D eigenvalue weighted by atomic mass is 15.1. The largest absolute Gasteiger partial charge is 0.366 e. The van der Waals surface area contributed by atoms with Gasteiger partial charge in [0, 0.05) is 18.3 Å². The highest BCUT2D eigenvalue weighted by Crippen LogP contribution is 2.21. The lowest BCUT2D eigenvalue weighted by Gasteiger charge is -2.23. The number of nitrogens with zero attached hydrogens (tertiary/aromatic N) is 2. The monoisotopic (exact) mass is 247 g/mol. The van der Waals surface area contributed by atoms with Crippen molar-refractivity contribution in [2.24, 2.45) is 0 Å². The Morgan fingerprint density at radius 3 is 2.78 bits per heavy atom. The average Bonchev–Trinajstić information content (AvgIpc) is 2.83. The Labute approximate surface area is 111 Å². The van der Waals surface area contributed by atoms with Crippen LogP contribution in [-0.2, 0) is 12.8 Å². The molecule has 1 heterocycles. The van der Waals surface area contributed by atoms with E-state index in [0.717, 1.165) is 31.9 Å². The lowest BCUT2D eigenvalue weighted by atomic mass is 10.2. The van der Waals surface area contributed by atoms with E-state index in [9.17, 15) is 0 Å². The lowest BCUT2D eigenvalue weighted by molar-refractivity contribution is 0.294. The van der Waals surface area contributed by atoms with Gasteiger partial charge in [-0.25, -0.2) is 4.98 Å². The van der Waals surface area contributed by atoms with E-state index in [1.54, 1.807) is 0 Å². The third-order valence-corrected chi connectivity index (χ3v) is 3.75. The van der Waals surface area contributed by atoms with Crippen molar-refractivity contribution >= 4 is 5.82 Å². The van der Waals surface area contributed by atoms with Gasteiger partial charge in [0.2, 0.25) is 0 Å². The number of hydrogen-bond acceptors (Lipinski definition) is 3. The summed E-state index contributed by atoms with van der Waals surface area (Å²) in [6.07, 6.45) is 3.62. The zero-order valence-electron chi connectivity index (χ0n) is 11.9. The number of pyridine rings is 1. The maximum Gasteiger partial charge on any atom is 0.126 e. The van der Waals surface area contributed by atoms with E-state index in [-0.39, 0.29) is 0 Å². The highest BCUT2D eigenvalue weighted by Gasteiger charge is 2.13. The number of rotatable bonds is 6. The molecule has 3 nitrogen and oxygen atoms in total. The van der Waals surface area contributed by atoms with Crippen LogP contribution in [0.25, 0.3) is 0 Å². The third-order valence-electron chi connectivity index (χ3n) is 3.75. The molecule has 1 N–H and O–H groups in total. The Morgan fingerprint density at radius 1 is 1.28 bits per heavy atom. The fourth-order valence-corrected chi connectivity index (χ4v) is 2.67. The molecule has 0 saturated heterocycles.